The van der Waals surface area contributed by atoms with Gasteiger partial charge < -0.3 is 11.1 Å². The summed E-state index contributed by atoms with van der Waals surface area (Å²) in [5, 5.41) is 4.74. The number of hydrogen-bond acceptors (Lipinski definition) is 5. The SMILES string of the molecule is Cc1ccc(N)cc1NC(=O)CSc1nccs1. The molecule has 0 atom stereocenters. The van der Waals surface area contributed by atoms with Crippen LogP contribution >= 0.6 is 23.1 Å². The highest BCUT2D eigenvalue weighted by Crippen LogP contribution is 2.22. The molecule has 4 nitrogen and oxygen atoms in total. The van der Waals surface area contributed by atoms with Crippen molar-refractivity contribution in [3.8, 4) is 0 Å². The van der Waals surface area contributed by atoms with Crippen LogP contribution in [0.15, 0.2) is 34.1 Å². The first-order valence-corrected chi connectivity index (χ1v) is 7.20. The summed E-state index contributed by atoms with van der Waals surface area (Å²) in [5.74, 6) is 0.297. The highest BCUT2D eigenvalue weighted by atomic mass is 32.2. The molecule has 2 aromatic rings. The predicted octanol–water partition coefficient (Wildman–Crippen LogP) is 2.76. The Labute approximate surface area is 114 Å². The molecule has 0 saturated heterocycles. The molecule has 0 aliphatic rings. The van der Waals surface area contributed by atoms with Crippen LogP contribution in [0.5, 0.6) is 0 Å². The number of hydrogen-bond donors (Lipinski definition) is 2. The molecule has 1 aromatic carbocycles. The standard InChI is InChI=1S/C12H13N3OS2/c1-8-2-3-9(13)6-10(8)15-11(16)7-18-12-14-4-5-17-12/h2-6H,7,13H2,1H3,(H,15,16). The molecule has 0 aliphatic carbocycles. The van der Waals surface area contributed by atoms with Gasteiger partial charge in [-0.3, -0.25) is 4.79 Å². The van der Waals surface area contributed by atoms with Gasteiger partial charge in [-0.1, -0.05) is 17.8 Å². The van der Waals surface area contributed by atoms with Gasteiger partial charge >= 0.3 is 0 Å². The van der Waals surface area contributed by atoms with Gasteiger partial charge in [0.1, 0.15) is 4.34 Å². The van der Waals surface area contributed by atoms with E-state index in [9.17, 15) is 4.79 Å². The minimum atomic E-state index is -0.0519. The Bertz CT molecular complexity index is 540. The van der Waals surface area contributed by atoms with E-state index in [4.69, 9.17) is 5.73 Å². The summed E-state index contributed by atoms with van der Waals surface area (Å²) < 4.78 is 0.898. The van der Waals surface area contributed by atoms with Crippen molar-refractivity contribution in [3.05, 3.63) is 35.3 Å². The Morgan fingerprint density at radius 3 is 3.11 bits per heavy atom. The van der Waals surface area contributed by atoms with E-state index in [0.717, 1.165) is 15.6 Å². The fourth-order valence-corrected chi connectivity index (χ4v) is 2.81. The highest BCUT2D eigenvalue weighted by Gasteiger charge is 2.07. The van der Waals surface area contributed by atoms with Crippen LogP contribution in [-0.4, -0.2) is 16.6 Å². The van der Waals surface area contributed by atoms with Gasteiger partial charge in [0.2, 0.25) is 5.91 Å². The molecule has 0 fully saturated rings. The summed E-state index contributed by atoms with van der Waals surface area (Å²) in [5.41, 5.74) is 8.09. The van der Waals surface area contributed by atoms with E-state index in [1.165, 1.54) is 23.1 Å². The molecular formula is C12H13N3OS2. The summed E-state index contributed by atoms with van der Waals surface area (Å²) in [6.45, 7) is 1.93. The maximum absolute atomic E-state index is 11.8. The van der Waals surface area contributed by atoms with Gasteiger partial charge in [0, 0.05) is 23.0 Å². The molecule has 0 aliphatic heterocycles. The summed E-state index contributed by atoms with van der Waals surface area (Å²) in [4.78, 5) is 15.9. The summed E-state index contributed by atoms with van der Waals surface area (Å²) in [7, 11) is 0. The zero-order chi connectivity index (χ0) is 13.0. The third-order valence-electron chi connectivity index (χ3n) is 2.27. The molecule has 0 bridgehead atoms. The lowest BCUT2D eigenvalue weighted by molar-refractivity contribution is -0.113. The van der Waals surface area contributed by atoms with Crippen molar-refractivity contribution in [2.75, 3.05) is 16.8 Å². The monoisotopic (exact) mass is 279 g/mol. The van der Waals surface area contributed by atoms with Crippen LogP contribution in [0.25, 0.3) is 0 Å². The molecule has 1 amide bonds. The Morgan fingerprint density at radius 2 is 2.39 bits per heavy atom. The number of nitrogens with two attached hydrogens (primary N) is 1. The molecule has 1 aromatic heterocycles. The maximum Gasteiger partial charge on any atom is 0.234 e. The van der Waals surface area contributed by atoms with Crippen molar-refractivity contribution in [1.82, 2.24) is 4.98 Å². The summed E-state index contributed by atoms with van der Waals surface area (Å²) in [6, 6.07) is 5.47. The van der Waals surface area contributed by atoms with Crippen molar-refractivity contribution in [3.63, 3.8) is 0 Å². The van der Waals surface area contributed by atoms with Gasteiger partial charge in [-0.2, -0.15) is 0 Å². The van der Waals surface area contributed by atoms with Crippen LogP contribution in [0.2, 0.25) is 0 Å². The zero-order valence-corrected chi connectivity index (χ0v) is 11.5. The predicted molar refractivity (Wildman–Crippen MR) is 77.1 cm³/mol. The molecule has 18 heavy (non-hydrogen) atoms. The number of nitrogen functional groups attached to an aromatic ring is 1. The van der Waals surface area contributed by atoms with Crippen LogP contribution in [0.4, 0.5) is 11.4 Å². The van der Waals surface area contributed by atoms with Crippen LogP contribution in [0.3, 0.4) is 0 Å². The minimum absolute atomic E-state index is 0.0519. The van der Waals surface area contributed by atoms with E-state index in [0.29, 0.717) is 11.4 Å². The van der Waals surface area contributed by atoms with Crippen LogP contribution in [0, 0.1) is 6.92 Å². The van der Waals surface area contributed by atoms with Gasteiger partial charge in [-0.25, -0.2) is 4.98 Å². The Balaban J connectivity index is 1.92. The zero-order valence-electron chi connectivity index (χ0n) is 9.84. The summed E-state index contributed by atoms with van der Waals surface area (Å²) in [6.07, 6.45) is 1.73. The normalized spacial score (nSPS) is 10.3. The van der Waals surface area contributed by atoms with Crippen LogP contribution in [-0.2, 0) is 4.79 Å². The van der Waals surface area contributed by atoms with Crippen LogP contribution in [0.1, 0.15) is 5.56 Å². The van der Waals surface area contributed by atoms with Crippen molar-refractivity contribution in [2.24, 2.45) is 0 Å². The average Bonchev–Trinajstić information content (AvgIpc) is 2.84. The summed E-state index contributed by atoms with van der Waals surface area (Å²) >= 11 is 2.96. The molecule has 94 valence electrons. The van der Waals surface area contributed by atoms with Gasteiger partial charge in [-0.15, -0.1) is 11.3 Å². The maximum atomic E-state index is 11.8. The first kappa shape index (κ1) is 12.9. The molecular weight excluding hydrogens is 266 g/mol. The smallest absolute Gasteiger partial charge is 0.234 e. The number of aromatic nitrogens is 1. The van der Waals surface area contributed by atoms with Crippen molar-refractivity contribution < 1.29 is 4.79 Å². The number of rotatable bonds is 4. The molecule has 0 spiro atoms. The van der Waals surface area contributed by atoms with Crippen molar-refractivity contribution >= 4 is 40.4 Å². The van der Waals surface area contributed by atoms with E-state index in [1.807, 2.05) is 24.4 Å². The van der Waals surface area contributed by atoms with Gasteiger partial charge in [-0.05, 0) is 24.6 Å². The van der Waals surface area contributed by atoms with E-state index < -0.39 is 0 Å². The number of carbonyl (C=O) groups excluding carboxylic acids is 1. The molecule has 0 saturated carbocycles. The van der Waals surface area contributed by atoms with E-state index in [2.05, 4.69) is 10.3 Å². The number of carbonyl (C=O) groups is 1. The fourth-order valence-electron chi connectivity index (χ4n) is 1.37. The van der Waals surface area contributed by atoms with Gasteiger partial charge in [0.25, 0.3) is 0 Å². The first-order valence-electron chi connectivity index (χ1n) is 5.33. The molecule has 2 rings (SSSR count). The number of thiazole rings is 1. The minimum Gasteiger partial charge on any atom is -0.399 e. The second-order valence-corrected chi connectivity index (χ2v) is 5.83. The van der Waals surface area contributed by atoms with E-state index >= 15 is 0 Å². The second kappa shape index (κ2) is 5.88. The average molecular weight is 279 g/mol. The number of aryl methyl sites for hydroxylation is 1. The lowest BCUT2D eigenvalue weighted by atomic mass is 10.2. The largest absolute Gasteiger partial charge is 0.399 e. The van der Waals surface area contributed by atoms with Gasteiger partial charge in [0.05, 0.1) is 5.75 Å². The Hall–Kier alpha value is -1.53. The number of amides is 1. The van der Waals surface area contributed by atoms with Gasteiger partial charge in [0.15, 0.2) is 0 Å². The van der Waals surface area contributed by atoms with E-state index in [1.54, 1.807) is 12.3 Å². The Kier molecular flexibility index (Phi) is 4.22. The number of anilines is 2. The lowest BCUT2D eigenvalue weighted by Gasteiger charge is -2.08. The number of nitrogens with zero attached hydrogens (tertiary/aromatic N) is 1. The molecule has 3 N–H and O–H groups in total. The quantitative estimate of drug-likeness (QED) is 0.667. The molecule has 0 unspecified atom stereocenters. The third-order valence-corrected chi connectivity index (χ3v) is 4.24. The number of benzene rings is 1. The lowest BCUT2D eigenvalue weighted by Crippen LogP contribution is -2.14. The van der Waals surface area contributed by atoms with E-state index in [-0.39, 0.29) is 5.91 Å². The molecule has 1 heterocycles. The molecule has 0 radical (unpaired) electrons. The second-order valence-electron chi connectivity index (χ2n) is 3.71. The molecule has 6 heteroatoms. The highest BCUT2D eigenvalue weighted by molar-refractivity contribution is 8.01. The Morgan fingerprint density at radius 1 is 1.56 bits per heavy atom. The van der Waals surface area contributed by atoms with Crippen molar-refractivity contribution in [1.29, 1.82) is 0 Å². The van der Waals surface area contributed by atoms with Crippen molar-refractivity contribution in [2.45, 2.75) is 11.3 Å². The number of nitrogens with one attached hydrogen (secondary N) is 1. The number of thioether (sulfide) groups is 1. The topological polar surface area (TPSA) is 68.0 Å². The first-order chi connectivity index (χ1) is 8.65. The van der Waals surface area contributed by atoms with Crippen LogP contribution < -0.4 is 11.1 Å². The fraction of sp³-hybridized carbons (Fsp3) is 0.167. The third kappa shape index (κ3) is 3.48.